The lowest BCUT2D eigenvalue weighted by atomic mass is 10.2. The van der Waals surface area contributed by atoms with Gasteiger partial charge in [0.1, 0.15) is 0 Å². The van der Waals surface area contributed by atoms with Crippen LogP contribution in [0.5, 0.6) is 0 Å². The average Bonchev–Trinajstić information content (AvgIpc) is 2.53. The standard InChI is InChI=1S/C16H24O5S/c1-3-14(21-16-6-4-5-11-19-16)12-20-22(17,18)15-9-7-13(2)8-10-15/h7-10,14,16H,3-6,11-12H2,1-2H3. The molecule has 0 amide bonds. The summed E-state index contributed by atoms with van der Waals surface area (Å²) in [4.78, 5) is 0.168. The second-order valence-corrected chi connectivity index (χ2v) is 7.13. The maximum absolute atomic E-state index is 12.1. The van der Waals surface area contributed by atoms with E-state index in [0.717, 1.165) is 24.8 Å². The fraction of sp³-hybridized carbons (Fsp3) is 0.625. The van der Waals surface area contributed by atoms with Crippen LogP contribution in [0.1, 0.15) is 38.2 Å². The highest BCUT2D eigenvalue weighted by atomic mass is 32.2. The Morgan fingerprint density at radius 1 is 1.27 bits per heavy atom. The predicted molar refractivity (Wildman–Crippen MR) is 83.1 cm³/mol. The van der Waals surface area contributed by atoms with Crippen molar-refractivity contribution in [3.63, 3.8) is 0 Å². The summed E-state index contributed by atoms with van der Waals surface area (Å²) in [5, 5.41) is 0. The van der Waals surface area contributed by atoms with Gasteiger partial charge in [0.25, 0.3) is 10.1 Å². The van der Waals surface area contributed by atoms with Gasteiger partial charge in [0, 0.05) is 6.61 Å². The summed E-state index contributed by atoms with van der Waals surface area (Å²) in [5.74, 6) is 0. The molecule has 5 nitrogen and oxygen atoms in total. The molecule has 2 unspecified atom stereocenters. The van der Waals surface area contributed by atoms with Crippen LogP contribution in [0.15, 0.2) is 29.2 Å². The molecule has 2 atom stereocenters. The Morgan fingerprint density at radius 2 is 2.00 bits per heavy atom. The number of benzene rings is 1. The van der Waals surface area contributed by atoms with Gasteiger partial charge < -0.3 is 9.47 Å². The van der Waals surface area contributed by atoms with E-state index in [-0.39, 0.29) is 23.9 Å². The summed E-state index contributed by atoms with van der Waals surface area (Å²) in [5.41, 5.74) is 1.00. The van der Waals surface area contributed by atoms with Crippen molar-refractivity contribution in [2.24, 2.45) is 0 Å². The molecule has 1 aromatic rings. The van der Waals surface area contributed by atoms with Crippen LogP contribution in [0, 0.1) is 6.92 Å². The van der Waals surface area contributed by atoms with Gasteiger partial charge in [-0.05, 0) is 44.7 Å². The first kappa shape index (κ1) is 17.4. The fourth-order valence-electron chi connectivity index (χ4n) is 2.22. The van der Waals surface area contributed by atoms with Crippen molar-refractivity contribution in [3.8, 4) is 0 Å². The molecule has 0 aliphatic carbocycles. The average molecular weight is 328 g/mol. The summed E-state index contributed by atoms with van der Waals surface area (Å²) < 4.78 is 40.7. The molecule has 1 aliphatic rings. The number of ether oxygens (including phenoxy) is 2. The molecular weight excluding hydrogens is 304 g/mol. The minimum atomic E-state index is -3.74. The predicted octanol–water partition coefficient (Wildman–Crippen LogP) is 3.02. The van der Waals surface area contributed by atoms with Crippen molar-refractivity contribution in [1.82, 2.24) is 0 Å². The van der Waals surface area contributed by atoms with Crippen molar-refractivity contribution in [1.29, 1.82) is 0 Å². The first-order valence-electron chi connectivity index (χ1n) is 7.74. The number of hydrogen-bond donors (Lipinski definition) is 0. The molecule has 1 heterocycles. The zero-order valence-electron chi connectivity index (χ0n) is 13.2. The van der Waals surface area contributed by atoms with Gasteiger partial charge in [0.2, 0.25) is 0 Å². The van der Waals surface area contributed by atoms with E-state index < -0.39 is 10.1 Å². The van der Waals surface area contributed by atoms with Crippen LogP contribution >= 0.6 is 0 Å². The Labute approximate surface area is 132 Å². The minimum Gasteiger partial charge on any atom is -0.353 e. The topological polar surface area (TPSA) is 61.8 Å². The van der Waals surface area contributed by atoms with Gasteiger partial charge in [-0.15, -0.1) is 0 Å². The van der Waals surface area contributed by atoms with Crippen molar-refractivity contribution in [2.75, 3.05) is 13.2 Å². The maximum atomic E-state index is 12.1. The Kier molecular flexibility index (Phi) is 6.37. The SMILES string of the molecule is CCC(COS(=O)(=O)c1ccc(C)cc1)OC1CCCCO1. The molecule has 1 saturated heterocycles. The molecule has 22 heavy (non-hydrogen) atoms. The van der Waals surface area contributed by atoms with E-state index in [9.17, 15) is 8.42 Å². The first-order chi connectivity index (χ1) is 10.5. The Balaban J connectivity index is 1.89. The first-order valence-corrected chi connectivity index (χ1v) is 9.15. The molecule has 6 heteroatoms. The monoisotopic (exact) mass is 328 g/mol. The zero-order valence-corrected chi connectivity index (χ0v) is 14.0. The fourth-order valence-corrected chi connectivity index (χ4v) is 3.16. The van der Waals surface area contributed by atoms with E-state index in [1.54, 1.807) is 24.3 Å². The molecule has 2 rings (SSSR count). The minimum absolute atomic E-state index is 0.00652. The van der Waals surface area contributed by atoms with Gasteiger partial charge >= 0.3 is 0 Å². The number of aryl methyl sites for hydroxylation is 1. The Hall–Kier alpha value is -0.950. The molecular formula is C16H24O5S. The molecule has 124 valence electrons. The van der Waals surface area contributed by atoms with E-state index in [1.807, 2.05) is 13.8 Å². The summed E-state index contributed by atoms with van der Waals surface area (Å²) in [7, 11) is -3.74. The highest BCUT2D eigenvalue weighted by Gasteiger charge is 2.22. The Bertz CT molecular complexity index is 546. The molecule has 0 bridgehead atoms. The summed E-state index contributed by atoms with van der Waals surface area (Å²) in [6.07, 6.45) is 3.11. The van der Waals surface area contributed by atoms with Crippen LogP contribution in [0.4, 0.5) is 0 Å². The smallest absolute Gasteiger partial charge is 0.297 e. The van der Waals surface area contributed by atoms with E-state index in [2.05, 4.69) is 0 Å². The molecule has 0 spiro atoms. The van der Waals surface area contributed by atoms with E-state index in [0.29, 0.717) is 13.0 Å². The third kappa shape index (κ3) is 5.05. The van der Waals surface area contributed by atoms with Gasteiger partial charge in [0.15, 0.2) is 6.29 Å². The van der Waals surface area contributed by atoms with Gasteiger partial charge in [-0.3, -0.25) is 4.18 Å². The van der Waals surface area contributed by atoms with Gasteiger partial charge in [-0.1, -0.05) is 24.6 Å². The Morgan fingerprint density at radius 3 is 2.59 bits per heavy atom. The van der Waals surface area contributed by atoms with Gasteiger partial charge in [-0.2, -0.15) is 8.42 Å². The quantitative estimate of drug-likeness (QED) is 0.720. The van der Waals surface area contributed by atoms with Crippen molar-refractivity contribution >= 4 is 10.1 Å². The lowest BCUT2D eigenvalue weighted by molar-refractivity contribution is -0.193. The van der Waals surface area contributed by atoms with Crippen LogP contribution in [0.2, 0.25) is 0 Å². The van der Waals surface area contributed by atoms with Crippen molar-refractivity contribution in [2.45, 2.75) is 56.8 Å². The maximum Gasteiger partial charge on any atom is 0.297 e. The highest BCUT2D eigenvalue weighted by Crippen LogP contribution is 2.18. The molecule has 1 fully saturated rings. The lowest BCUT2D eigenvalue weighted by Crippen LogP contribution is -2.31. The van der Waals surface area contributed by atoms with Crippen LogP contribution in [-0.4, -0.2) is 34.0 Å². The number of rotatable bonds is 7. The third-order valence-corrected chi connectivity index (χ3v) is 4.95. The molecule has 0 saturated carbocycles. The summed E-state index contributed by atoms with van der Waals surface area (Å²) in [6.45, 7) is 4.55. The zero-order chi connectivity index (χ0) is 16.0. The third-order valence-electron chi connectivity index (χ3n) is 3.66. The second kappa shape index (κ2) is 8.06. The second-order valence-electron chi connectivity index (χ2n) is 5.51. The van der Waals surface area contributed by atoms with Crippen LogP contribution in [-0.2, 0) is 23.8 Å². The summed E-state index contributed by atoms with van der Waals surface area (Å²) >= 11 is 0. The van der Waals surface area contributed by atoms with Crippen molar-refractivity contribution in [3.05, 3.63) is 29.8 Å². The molecule has 1 aromatic carbocycles. The van der Waals surface area contributed by atoms with E-state index in [4.69, 9.17) is 13.7 Å². The van der Waals surface area contributed by atoms with Gasteiger partial charge in [0.05, 0.1) is 17.6 Å². The van der Waals surface area contributed by atoms with Crippen molar-refractivity contribution < 1.29 is 22.1 Å². The molecule has 1 aliphatic heterocycles. The molecule has 0 aromatic heterocycles. The molecule has 0 radical (unpaired) electrons. The van der Waals surface area contributed by atoms with Crippen LogP contribution in [0.3, 0.4) is 0 Å². The van der Waals surface area contributed by atoms with E-state index >= 15 is 0 Å². The van der Waals surface area contributed by atoms with Crippen LogP contribution in [0.25, 0.3) is 0 Å². The van der Waals surface area contributed by atoms with E-state index in [1.165, 1.54) is 0 Å². The largest absolute Gasteiger partial charge is 0.353 e. The van der Waals surface area contributed by atoms with Crippen LogP contribution < -0.4 is 0 Å². The van der Waals surface area contributed by atoms with Gasteiger partial charge in [-0.25, -0.2) is 0 Å². The number of hydrogen-bond acceptors (Lipinski definition) is 5. The normalized spacial score (nSPS) is 20.7. The molecule has 0 N–H and O–H groups in total. The highest BCUT2D eigenvalue weighted by molar-refractivity contribution is 7.86. The summed E-state index contributed by atoms with van der Waals surface area (Å²) in [6, 6.07) is 6.60. The lowest BCUT2D eigenvalue weighted by Gasteiger charge is -2.27.